The van der Waals surface area contributed by atoms with Crippen LogP contribution in [0.3, 0.4) is 0 Å². The predicted molar refractivity (Wildman–Crippen MR) is 65.8 cm³/mol. The van der Waals surface area contributed by atoms with E-state index in [9.17, 15) is 0 Å². The lowest BCUT2D eigenvalue weighted by molar-refractivity contribution is 0.589. The Morgan fingerprint density at radius 3 is 2.88 bits per heavy atom. The number of benzene rings is 1. The van der Waals surface area contributed by atoms with Crippen LogP contribution in [0, 0.1) is 0 Å². The van der Waals surface area contributed by atoms with E-state index in [1.807, 2.05) is 13.4 Å². The van der Waals surface area contributed by atoms with Gasteiger partial charge in [0.15, 0.2) is 0 Å². The Labute approximate surface area is 94.9 Å². The fourth-order valence-corrected chi connectivity index (χ4v) is 2.23. The average Bonchev–Trinajstić information content (AvgIpc) is 2.72. The molecule has 1 aromatic heterocycles. The maximum absolute atomic E-state index is 4.34. The highest BCUT2D eigenvalue weighted by Crippen LogP contribution is 2.21. The lowest BCUT2D eigenvalue weighted by Gasteiger charge is -2.29. The van der Waals surface area contributed by atoms with Crippen molar-refractivity contribution in [1.82, 2.24) is 14.9 Å². The van der Waals surface area contributed by atoms with Crippen LogP contribution < -0.4 is 10.2 Å². The molecule has 0 aliphatic carbocycles. The summed E-state index contributed by atoms with van der Waals surface area (Å²) in [4.78, 5) is 6.76. The number of nitrogens with one attached hydrogen (secondary N) is 1. The van der Waals surface area contributed by atoms with Crippen LogP contribution in [0.1, 0.15) is 0 Å². The van der Waals surface area contributed by atoms with E-state index in [0.29, 0.717) is 0 Å². The lowest BCUT2D eigenvalue weighted by Crippen LogP contribution is -2.43. The minimum Gasteiger partial charge on any atom is -0.369 e. The number of aryl methyl sites for hydroxylation is 1. The van der Waals surface area contributed by atoms with E-state index >= 15 is 0 Å². The zero-order valence-electron chi connectivity index (χ0n) is 9.48. The van der Waals surface area contributed by atoms with E-state index in [2.05, 4.69) is 38.0 Å². The van der Waals surface area contributed by atoms with Crippen molar-refractivity contribution in [3.8, 4) is 0 Å². The zero-order valence-corrected chi connectivity index (χ0v) is 9.48. The molecule has 1 aromatic carbocycles. The Morgan fingerprint density at radius 1 is 1.25 bits per heavy atom. The maximum atomic E-state index is 4.34. The third kappa shape index (κ3) is 1.55. The Bertz CT molecular complexity index is 497. The largest absolute Gasteiger partial charge is 0.369 e. The van der Waals surface area contributed by atoms with Gasteiger partial charge in [-0.05, 0) is 18.2 Å². The van der Waals surface area contributed by atoms with Gasteiger partial charge in [0.25, 0.3) is 0 Å². The van der Waals surface area contributed by atoms with E-state index in [1.165, 1.54) is 11.2 Å². The third-order valence-corrected chi connectivity index (χ3v) is 3.19. The first-order valence-electron chi connectivity index (χ1n) is 5.71. The van der Waals surface area contributed by atoms with Crippen molar-refractivity contribution in [3.05, 3.63) is 24.5 Å². The van der Waals surface area contributed by atoms with Crippen LogP contribution in [0.5, 0.6) is 0 Å². The number of fused-ring (bicyclic) bond motifs is 1. The number of rotatable bonds is 1. The molecule has 3 rings (SSSR count). The Hall–Kier alpha value is -1.55. The molecule has 84 valence electrons. The van der Waals surface area contributed by atoms with Gasteiger partial charge in [-0.2, -0.15) is 0 Å². The van der Waals surface area contributed by atoms with Crippen molar-refractivity contribution in [2.75, 3.05) is 31.1 Å². The quantitative estimate of drug-likeness (QED) is 0.771. The van der Waals surface area contributed by atoms with Gasteiger partial charge in [-0.1, -0.05) is 0 Å². The molecule has 2 aromatic rings. The predicted octanol–water partition coefficient (Wildman–Crippen LogP) is 0.983. The number of nitrogens with zero attached hydrogens (tertiary/aromatic N) is 3. The fourth-order valence-electron chi connectivity index (χ4n) is 2.23. The fraction of sp³-hybridized carbons (Fsp3) is 0.417. The van der Waals surface area contributed by atoms with Crippen molar-refractivity contribution in [2.45, 2.75) is 0 Å². The average molecular weight is 216 g/mol. The number of piperazine rings is 1. The highest BCUT2D eigenvalue weighted by molar-refractivity contribution is 5.79. The molecular formula is C12H16N4. The zero-order chi connectivity index (χ0) is 11.0. The van der Waals surface area contributed by atoms with Crippen molar-refractivity contribution in [1.29, 1.82) is 0 Å². The molecule has 0 atom stereocenters. The Morgan fingerprint density at radius 2 is 2.06 bits per heavy atom. The second-order valence-electron chi connectivity index (χ2n) is 4.27. The molecule has 4 nitrogen and oxygen atoms in total. The Kier molecular flexibility index (Phi) is 2.29. The molecule has 0 saturated carbocycles. The summed E-state index contributed by atoms with van der Waals surface area (Å²) in [6, 6.07) is 6.50. The van der Waals surface area contributed by atoms with Crippen LogP contribution in [0.25, 0.3) is 11.0 Å². The summed E-state index contributed by atoms with van der Waals surface area (Å²) in [6.45, 7) is 4.32. The molecule has 1 saturated heterocycles. The summed E-state index contributed by atoms with van der Waals surface area (Å²) < 4.78 is 2.07. The summed E-state index contributed by atoms with van der Waals surface area (Å²) >= 11 is 0. The highest BCUT2D eigenvalue weighted by Gasteiger charge is 2.11. The molecule has 16 heavy (non-hydrogen) atoms. The monoisotopic (exact) mass is 216 g/mol. The second-order valence-corrected chi connectivity index (χ2v) is 4.27. The van der Waals surface area contributed by atoms with Gasteiger partial charge < -0.3 is 14.8 Å². The minimum atomic E-state index is 1.07. The third-order valence-electron chi connectivity index (χ3n) is 3.19. The van der Waals surface area contributed by atoms with Crippen molar-refractivity contribution in [2.24, 2.45) is 7.05 Å². The first-order valence-corrected chi connectivity index (χ1v) is 5.71. The molecule has 0 unspecified atom stereocenters. The summed E-state index contributed by atoms with van der Waals surface area (Å²) in [5.74, 6) is 0. The lowest BCUT2D eigenvalue weighted by atomic mass is 10.2. The number of aromatic nitrogens is 2. The van der Waals surface area contributed by atoms with Gasteiger partial charge in [0, 0.05) is 38.9 Å². The van der Waals surface area contributed by atoms with E-state index < -0.39 is 0 Å². The van der Waals surface area contributed by atoms with Gasteiger partial charge in [0.2, 0.25) is 0 Å². The molecule has 0 spiro atoms. The molecule has 2 heterocycles. The van der Waals surface area contributed by atoms with Crippen LogP contribution in [-0.2, 0) is 7.05 Å². The van der Waals surface area contributed by atoms with Crippen LogP contribution in [-0.4, -0.2) is 35.7 Å². The number of imidazole rings is 1. The molecule has 1 fully saturated rings. The molecule has 1 N–H and O–H groups in total. The van der Waals surface area contributed by atoms with Gasteiger partial charge in [0.1, 0.15) is 0 Å². The van der Waals surface area contributed by atoms with Crippen molar-refractivity contribution in [3.63, 3.8) is 0 Å². The number of hydrogen-bond donors (Lipinski definition) is 1. The van der Waals surface area contributed by atoms with E-state index in [0.717, 1.165) is 31.7 Å². The standard InChI is InChI=1S/C12H16N4/c1-15-9-14-11-3-2-10(8-12(11)15)16-6-4-13-5-7-16/h2-3,8-9,13H,4-7H2,1H3. The van der Waals surface area contributed by atoms with Gasteiger partial charge in [-0.15, -0.1) is 0 Å². The van der Waals surface area contributed by atoms with Gasteiger partial charge in [0.05, 0.1) is 17.4 Å². The first kappa shape index (κ1) is 9.66. The first-order chi connectivity index (χ1) is 7.84. The maximum Gasteiger partial charge on any atom is 0.0955 e. The Balaban J connectivity index is 1.99. The molecule has 0 bridgehead atoms. The normalized spacial score (nSPS) is 16.9. The van der Waals surface area contributed by atoms with E-state index in [1.54, 1.807) is 0 Å². The van der Waals surface area contributed by atoms with Crippen LogP contribution in [0.15, 0.2) is 24.5 Å². The molecule has 1 aliphatic heterocycles. The van der Waals surface area contributed by atoms with Gasteiger partial charge >= 0.3 is 0 Å². The molecule has 0 amide bonds. The van der Waals surface area contributed by atoms with Crippen molar-refractivity contribution < 1.29 is 0 Å². The topological polar surface area (TPSA) is 33.1 Å². The van der Waals surface area contributed by atoms with Crippen LogP contribution in [0.4, 0.5) is 5.69 Å². The molecule has 4 heteroatoms. The van der Waals surface area contributed by atoms with Crippen LogP contribution >= 0.6 is 0 Å². The van der Waals surface area contributed by atoms with E-state index in [4.69, 9.17) is 0 Å². The minimum absolute atomic E-state index is 1.07. The van der Waals surface area contributed by atoms with E-state index in [-0.39, 0.29) is 0 Å². The SMILES string of the molecule is Cn1cnc2ccc(N3CCNCC3)cc21. The molecule has 1 aliphatic rings. The number of anilines is 1. The number of hydrogen-bond acceptors (Lipinski definition) is 3. The smallest absolute Gasteiger partial charge is 0.0955 e. The summed E-state index contributed by atoms with van der Waals surface area (Å²) in [5.41, 5.74) is 3.58. The van der Waals surface area contributed by atoms with Crippen molar-refractivity contribution >= 4 is 16.7 Å². The highest BCUT2D eigenvalue weighted by atomic mass is 15.2. The summed E-state index contributed by atoms with van der Waals surface area (Å²) in [5, 5.41) is 3.37. The molecular weight excluding hydrogens is 200 g/mol. The summed E-state index contributed by atoms with van der Waals surface area (Å²) in [7, 11) is 2.04. The second kappa shape index (κ2) is 3.79. The van der Waals surface area contributed by atoms with Gasteiger partial charge in [-0.3, -0.25) is 0 Å². The van der Waals surface area contributed by atoms with Gasteiger partial charge in [-0.25, -0.2) is 4.98 Å². The van der Waals surface area contributed by atoms with Crippen LogP contribution in [0.2, 0.25) is 0 Å². The molecule has 0 radical (unpaired) electrons. The summed E-state index contributed by atoms with van der Waals surface area (Å²) in [6.07, 6.45) is 1.87.